The van der Waals surface area contributed by atoms with Gasteiger partial charge in [0.2, 0.25) is 5.43 Å². The van der Waals surface area contributed by atoms with Crippen molar-refractivity contribution in [3.05, 3.63) is 69.8 Å². The summed E-state index contributed by atoms with van der Waals surface area (Å²) in [7, 11) is 0. The van der Waals surface area contributed by atoms with Crippen molar-refractivity contribution in [3.8, 4) is 0 Å². The Balaban J connectivity index is 2.34. The largest absolute Gasteiger partial charge is 0.456 e. The van der Waals surface area contributed by atoms with E-state index in [2.05, 4.69) is 0 Å². The third-order valence-electron chi connectivity index (χ3n) is 3.52. The Morgan fingerprint density at radius 2 is 1.65 bits per heavy atom. The minimum atomic E-state index is -0.0412. The average Bonchev–Trinajstić information content (AvgIpc) is 2.48. The number of hydrogen-bond acceptors (Lipinski definition) is 2. The lowest BCUT2D eigenvalue weighted by molar-refractivity contribution is 0.660. The summed E-state index contributed by atoms with van der Waals surface area (Å²) in [5.74, 6) is 0. The quantitative estimate of drug-likeness (QED) is 0.344. The highest BCUT2D eigenvalue weighted by atomic mass is 35.5. The predicted molar refractivity (Wildman–Crippen MR) is 82.5 cm³/mol. The van der Waals surface area contributed by atoms with Crippen LogP contribution < -0.4 is 5.43 Å². The van der Waals surface area contributed by atoms with Crippen molar-refractivity contribution >= 4 is 44.3 Å². The first-order valence-corrected chi connectivity index (χ1v) is 6.66. The maximum Gasteiger partial charge on any atom is 0.201 e. The molecule has 0 aliphatic heterocycles. The Morgan fingerprint density at radius 1 is 0.850 bits per heavy atom. The van der Waals surface area contributed by atoms with Crippen molar-refractivity contribution in [1.82, 2.24) is 0 Å². The Bertz CT molecular complexity index is 1030. The van der Waals surface area contributed by atoms with Gasteiger partial charge in [0.1, 0.15) is 11.2 Å². The van der Waals surface area contributed by atoms with Crippen LogP contribution in [0.25, 0.3) is 32.7 Å². The maximum absolute atomic E-state index is 12.7. The van der Waals surface area contributed by atoms with E-state index in [1.54, 1.807) is 18.2 Å². The Hall–Kier alpha value is -2.32. The Morgan fingerprint density at radius 3 is 2.55 bits per heavy atom. The second kappa shape index (κ2) is 4.09. The molecule has 4 aromatic rings. The molecule has 4 rings (SSSR count). The van der Waals surface area contributed by atoms with E-state index in [4.69, 9.17) is 16.0 Å². The number of benzene rings is 3. The first kappa shape index (κ1) is 11.5. The first-order chi connectivity index (χ1) is 9.74. The lowest BCUT2D eigenvalue weighted by Crippen LogP contribution is -2.02. The molecule has 0 fully saturated rings. The van der Waals surface area contributed by atoms with Crippen LogP contribution in [0.3, 0.4) is 0 Å². The molecule has 2 nitrogen and oxygen atoms in total. The highest BCUT2D eigenvalue weighted by molar-refractivity contribution is 6.31. The molecule has 0 spiro atoms. The summed E-state index contributed by atoms with van der Waals surface area (Å²) in [6.07, 6.45) is 0. The minimum absolute atomic E-state index is 0.0412. The zero-order chi connectivity index (χ0) is 13.7. The molecule has 0 bridgehead atoms. The molecule has 1 heterocycles. The Labute approximate surface area is 119 Å². The molecule has 0 saturated carbocycles. The smallest absolute Gasteiger partial charge is 0.201 e. The molecular weight excluding hydrogens is 272 g/mol. The SMILES string of the molecule is O=c1c2cc(Cl)ccc2oc2ccc3ccccc3c12. The van der Waals surface area contributed by atoms with Gasteiger partial charge in [0.25, 0.3) is 0 Å². The number of fused-ring (bicyclic) bond motifs is 4. The van der Waals surface area contributed by atoms with Crippen LogP contribution in [-0.4, -0.2) is 0 Å². The topological polar surface area (TPSA) is 30.2 Å². The van der Waals surface area contributed by atoms with E-state index in [0.29, 0.717) is 27.0 Å². The summed E-state index contributed by atoms with van der Waals surface area (Å²) >= 11 is 5.98. The van der Waals surface area contributed by atoms with E-state index in [1.807, 2.05) is 36.4 Å². The molecular formula is C17H9ClO2. The maximum atomic E-state index is 12.7. The molecule has 3 heteroatoms. The van der Waals surface area contributed by atoms with Gasteiger partial charge in [-0.25, -0.2) is 0 Å². The summed E-state index contributed by atoms with van der Waals surface area (Å²) in [6, 6.07) is 16.7. The molecule has 20 heavy (non-hydrogen) atoms. The molecule has 0 N–H and O–H groups in total. The molecule has 0 unspecified atom stereocenters. The third-order valence-corrected chi connectivity index (χ3v) is 3.76. The van der Waals surface area contributed by atoms with Gasteiger partial charge in [0.05, 0.1) is 10.8 Å². The van der Waals surface area contributed by atoms with Gasteiger partial charge in [-0.05, 0) is 35.0 Å². The van der Waals surface area contributed by atoms with E-state index in [0.717, 1.165) is 10.8 Å². The first-order valence-electron chi connectivity index (χ1n) is 6.28. The van der Waals surface area contributed by atoms with Crippen molar-refractivity contribution in [1.29, 1.82) is 0 Å². The van der Waals surface area contributed by atoms with Crippen molar-refractivity contribution in [2.75, 3.05) is 0 Å². The molecule has 96 valence electrons. The van der Waals surface area contributed by atoms with Crippen LogP contribution in [0.15, 0.2) is 63.8 Å². The van der Waals surface area contributed by atoms with Crippen LogP contribution in [0.2, 0.25) is 5.02 Å². The molecule has 0 atom stereocenters. The fraction of sp³-hybridized carbons (Fsp3) is 0. The third kappa shape index (κ3) is 1.55. The number of rotatable bonds is 0. The summed E-state index contributed by atoms with van der Waals surface area (Å²) in [5.41, 5.74) is 1.12. The molecule has 0 aliphatic rings. The Kier molecular flexibility index (Phi) is 2.35. The van der Waals surface area contributed by atoms with E-state index in [-0.39, 0.29) is 5.43 Å². The molecule has 1 aromatic heterocycles. The van der Waals surface area contributed by atoms with Crippen LogP contribution in [0.4, 0.5) is 0 Å². The molecule has 0 saturated heterocycles. The van der Waals surface area contributed by atoms with Crippen LogP contribution >= 0.6 is 11.6 Å². The van der Waals surface area contributed by atoms with Crippen molar-refractivity contribution in [2.45, 2.75) is 0 Å². The second-order valence-corrected chi connectivity index (χ2v) is 5.17. The van der Waals surface area contributed by atoms with Crippen LogP contribution in [0.1, 0.15) is 0 Å². The van der Waals surface area contributed by atoms with Gasteiger partial charge in [-0.2, -0.15) is 0 Å². The molecule has 3 aromatic carbocycles. The van der Waals surface area contributed by atoms with E-state index in [1.165, 1.54) is 0 Å². The predicted octanol–water partition coefficient (Wildman–Crippen LogP) is 4.75. The van der Waals surface area contributed by atoms with Crippen molar-refractivity contribution in [2.24, 2.45) is 0 Å². The van der Waals surface area contributed by atoms with E-state index in [9.17, 15) is 4.79 Å². The lowest BCUT2D eigenvalue weighted by Gasteiger charge is -2.05. The van der Waals surface area contributed by atoms with Gasteiger partial charge in [0.15, 0.2) is 0 Å². The van der Waals surface area contributed by atoms with E-state index >= 15 is 0 Å². The fourth-order valence-corrected chi connectivity index (χ4v) is 2.76. The number of halogens is 1. The van der Waals surface area contributed by atoms with Crippen LogP contribution in [-0.2, 0) is 0 Å². The summed E-state index contributed by atoms with van der Waals surface area (Å²) < 4.78 is 5.83. The standard InChI is InChI=1S/C17H9ClO2/c18-11-6-8-14-13(9-11)17(19)16-12-4-2-1-3-10(12)5-7-15(16)20-14/h1-9H. The van der Waals surface area contributed by atoms with Gasteiger partial charge in [0, 0.05) is 5.02 Å². The van der Waals surface area contributed by atoms with Gasteiger partial charge < -0.3 is 4.42 Å². The minimum Gasteiger partial charge on any atom is -0.456 e. The highest BCUT2D eigenvalue weighted by Crippen LogP contribution is 2.26. The zero-order valence-corrected chi connectivity index (χ0v) is 11.1. The van der Waals surface area contributed by atoms with Gasteiger partial charge in [-0.3, -0.25) is 4.79 Å². The zero-order valence-electron chi connectivity index (χ0n) is 10.4. The number of hydrogen-bond donors (Lipinski definition) is 0. The van der Waals surface area contributed by atoms with Gasteiger partial charge in [-0.15, -0.1) is 0 Å². The van der Waals surface area contributed by atoms with Crippen LogP contribution in [0.5, 0.6) is 0 Å². The van der Waals surface area contributed by atoms with Crippen molar-refractivity contribution < 1.29 is 4.42 Å². The van der Waals surface area contributed by atoms with E-state index < -0.39 is 0 Å². The summed E-state index contributed by atoms with van der Waals surface area (Å²) in [5, 5.41) is 3.58. The summed E-state index contributed by atoms with van der Waals surface area (Å²) in [4.78, 5) is 12.7. The average molecular weight is 281 g/mol. The lowest BCUT2D eigenvalue weighted by atomic mass is 10.0. The normalized spacial score (nSPS) is 11.4. The second-order valence-electron chi connectivity index (χ2n) is 4.73. The van der Waals surface area contributed by atoms with Crippen molar-refractivity contribution in [3.63, 3.8) is 0 Å². The molecule has 0 radical (unpaired) electrons. The van der Waals surface area contributed by atoms with Gasteiger partial charge >= 0.3 is 0 Å². The highest BCUT2D eigenvalue weighted by Gasteiger charge is 2.10. The van der Waals surface area contributed by atoms with Crippen LogP contribution in [0, 0.1) is 0 Å². The van der Waals surface area contributed by atoms with Gasteiger partial charge in [-0.1, -0.05) is 41.9 Å². The molecule has 0 aliphatic carbocycles. The monoisotopic (exact) mass is 280 g/mol. The molecule has 0 amide bonds. The fourth-order valence-electron chi connectivity index (χ4n) is 2.59. The summed E-state index contributed by atoms with van der Waals surface area (Å²) in [6.45, 7) is 0.